The summed E-state index contributed by atoms with van der Waals surface area (Å²) in [6, 6.07) is 9.89. The molecule has 0 aromatic heterocycles. The van der Waals surface area contributed by atoms with Crippen LogP contribution in [0.1, 0.15) is 35.2 Å². The quantitative estimate of drug-likeness (QED) is 0.383. The maximum atomic E-state index is 13.1. The van der Waals surface area contributed by atoms with Crippen LogP contribution in [-0.2, 0) is 14.3 Å². The molecule has 2 aromatic carbocycles. The number of hydrogen-bond donors (Lipinski definition) is 1. The van der Waals surface area contributed by atoms with Gasteiger partial charge in [0.05, 0.1) is 31.9 Å². The summed E-state index contributed by atoms with van der Waals surface area (Å²) in [6.45, 7) is 6.63. The van der Waals surface area contributed by atoms with Gasteiger partial charge in [0, 0.05) is 19.2 Å². The van der Waals surface area contributed by atoms with E-state index in [0.29, 0.717) is 29.2 Å². The number of hydrogen-bond acceptors (Lipinski definition) is 6. The van der Waals surface area contributed by atoms with Gasteiger partial charge in [-0.2, -0.15) is 0 Å². The number of carbonyl (C=O) groups is 2. The van der Waals surface area contributed by atoms with Crippen molar-refractivity contribution in [1.82, 2.24) is 4.90 Å². The maximum Gasteiger partial charge on any atom is 0.295 e. The van der Waals surface area contributed by atoms with E-state index in [2.05, 4.69) is 0 Å². The van der Waals surface area contributed by atoms with Crippen LogP contribution in [0, 0.1) is 13.8 Å². The summed E-state index contributed by atoms with van der Waals surface area (Å²) in [5, 5.41) is 11.2. The molecule has 32 heavy (non-hydrogen) atoms. The molecule has 1 unspecified atom stereocenters. The Morgan fingerprint density at radius 3 is 2.41 bits per heavy atom. The zero-order chi connectivity index (χ0) is 23.4. The van der Waals surface area contributed by atoms with E-state index in [1.54, 1.807) is 31.4 Å². The van der Waals surface area contributed by atoms with Crippen molar-refractivity contribution >= 4 is 17.4 Å². The molecule has 1 saturated heterocycles. The van der Waals surface area contributed by atoms with Gasteiger partial charge in [-0.25, -0.2) is 0 Å². The molecule has 0 aliphatic carbocycles. The molecule has 170 valence electrons. The molecule has 0 bridgehead atoms. The van der Waals surface area contributed by atoms with E-state index in [-0.39, 0.29) is 24.5 Å². The van der Waals surface area contributed by atoms with E-state index in [1.807, 2.05) is 32.9 Å². The number of Topliss-reactive ketones (excluding diaryl/α,β-unsaturated/α-hetero) is 1. The molecule has 1 amide bonds. The van der Waals surface area contributed by atoms with Crippen LogP contribution in [0.25, 0.3) is 5.76 Å². The molecule has 1 atom stereocenters. The fraction of sp³-hybridized carbons (Fsp3) is 0.360. The summed E-state index contributed by atoms with van der Waals surface area (Å²) in [5.74, 6) is -0.568. The van der Waals surface area contributed by atoms with Crippen LogP contribution < -0.4 is 9.47 Å². The molecule has 1 aliphatic heterocycles. The van der Waals surface area contributed by atoms with Crippen molar-refractivity contribution in [3.05, 3.63) is 64.2 Å². The Labute approximate surface area is 188 Å². The SMILES string of the molecule is CCOc1cc(C2/C(=C(/O)c3ccc(C)c(C)c3)C(=O)C(=O)N2CCOC)ccc1OC. The van der Waals surface area contributed by atoms with Crippen LogP contribution >= 0.6 is 0 Å². The lowest BCUT2D eigenvalue weighted by Gasteiger charge is -2.25. The average molecular weight is 440 g/mol. The molecular weight excluding hydrogens is 410 g/mol. The molecule has 7 nitrogen and oxygen atoms in total. The molecule has 1 aliphatic rings. The van der Waals surface area contributed by atoms with Crippen LogP contribution in [0.3, 0.4) is 0 Å². The fourth-order valence-corrected chi connectivity index (χ4v) is 3.82. The van der Waals surface area contributed by atoms with Gasteiger partial charge in [0.2, 0.25) is 0 Å². The molecule has 0 radical (unpaired) electrons. The van der Waals surface area contributed by atoms with E-state index in [9.17, 15) is 14.7 Å². The summed E-state index contributed by atoms with van der Waals surface area (Å²) >= 11 is 0. The van der Waals surface area contributed by atoms with Crippen molar-refractivity contribution in [2.24, 2.45) is 0 Å². The number of aliphatic hydroxyl groups excluding tert-OH is 1. The number of ether oxygens (including phenoxy) is 3. The molecule has 3 rings (SSSR count). The second-order valence-electron chi connectivity index (χ2n) is 7.63. The summed E-state index contributed by atoms with van der Waals surface area (Å²) < 4.78 is 16.2. The van der Waals surface area contributed by atoms with Gasteiger partial charge in [0.25, 0.3) is 11.7 Å². The maximum absolute atomic E-state index is 13.1. The Morgan fingerprint density at radius 1 is 1.03 bits per heavy atom. The van der Waals surface area contributed by atoms with Crippen molar-refractivity contribution in [3.63, 3.8) is 0 Å². The molecule has 1 N–H and O–H groups in total. The minimum atomic E-state index is -0.781. The second kappa shape index (κ2) is 9.87. The standard InChI is InChI=1S/C25H29NO6/c1-6-32-20-14-17(9-10-19(20)31-5)22-21(24(28)25(29)26(22)11-12-30-4)23(27)18-8-7-15(2)16(3)13-18/h7-10,13-14,22,27H,6,11-12H2,1-5H3/b23-21-. The summed E-state index contributed by atoms with van der Waals surface area (Å²) in [5.41, 5.74) is 3.20. The molecule has 1 fully saturated rings. The minimum absolute atomic E-state index is 0.0435. The first-order valence-corrected chi connectivity index (χ1v) is 10.5. The first-order valence-electron chi connectivity index (χ1n) is 10.5. The van der Waals surface area contributed by atoms with Crippen LogP contribution in [0.4, 0.5) is 0 Å². The Balaban J connectivity index is 2.20. The molecule has 2 aromatic rings. The Bertz CT molecular complexity index is 1060. The van der Waals surface area contributed by atoms with E-state index in [1.165, 1.54) is 12.0 Å². The molecule has 1 heterocycles. The number of ketones is 1. The number of likely N-dealkylation sites (tertiary alicyclic amines) is 1. The van der Waals surface area contributed by atoms with Crippen LogP contribution in [0.15, 0.2) is 42.0 Å². The number of aryl methyl sites for hydroxylation is 2. The first-order chi connectivity index (χ1) is 15.3. The molecule has 7 heteroatoms. The number of rotatable bonds is 8. The summed E-state index contributed by atoms with van der Waals surface area (Å²) in [6.07, 6.45) is 0. The topological polar surface area (TPSA) is 85.3 Å². The van der Waals surface area contributed by atoms with E-state index >= 15 is 0 Å². The largest absolute Gasteiger partial charge is 0.507 e. The van der Waals surface area contributed by atoms with Gasteiger partial charge in [0.1, 0.15) is 5.76 Å². The predicted octanol–water partition coefficient (Wildman–Crippen LogP) is 3.78. The summed E-state index contributed by atoms with van der Waals surface area (Å²) in [7, 11) is 3.07. The number of methoxy groups -OCH3 is 2. The van der Waals surface area contributed by atoms with Gasteiger partial charge in [-0.1, -0.05) is 18.2 Å². The van der Waals surface area contributed by atoms with Gasteiger partial charge >= 0.3 is 0 Å². The molecule has 0 spiro atoms. The molecular formula is C25H29NO6. The molecule has 0 saturated carbocycles. The monoisotopic (exact) mass is 439 g/mol. The van der Waals surface area contributed by atoms with E-state index in [0.717, 1.165) is 11.1 Å². The van der Waals surface area contributed by atoms with Crippen LogP contribution in [-0.4, -0.2) is 55.7 Å². The fourth-order valence-electron chi connectivity index (χ4n) is 3.82. The third-order valence-corrected chi connectivity index (χ3v) is 5.66. The van der Waals surface area contributed by atoms with E-state index in [4.69, 9.17) is 14.2 Å². The van der Waals surface area contributed by atoms with Crippen molar-refractivity contribution in [3.8, 4) is 11.5 Å². The van der Waals surface area contributed by atoms with Gasteiger partial charge in [-0.05, 0) is 55.7 Å². The minimum Gasteiger partial charge on any atom is -0.507 e. The van der Waals surface area contributed by atoms with Gasteiger partial charge in [-0.15, -0.1) is 0 Å². The number of benzene rings is 2. The van der Waals surface area contributed by atoms with Crippen molar-refractivity contribution in [1.29, 1.82) is 0 Å². The highest BCUT2D eigenvalue weighted by Crippen LogP contribution is 2.42. The highest BCUT2D eigenvalue weighted by atomic mass is 16.5. The zero-order valence-corrected chi connectivity index (χ0v) is 19.1. The summed E-state index contributed by atoms with van der Waals surface area (Å²) in [4.78, 5) is 27.4. The van der Waals surface area contributed by atoms with Gasteiger partial charge in [-0.3, -0.25) is 9.59 Å². The van der Waals surface area contributed by atoms with Crippen molar-refractivity contribution < 1.29 is 28.9 Å². The first kappa shape index (κ1) is 23.3. The number of aliphatic hydroxyl groups is 1. The lowest BCUT2D eigenvalue weighted by molar-refractivity contribution is -0.140. The van der Waals surface area contributed by atoms with Gasteiger partial charge < -0.3 is 24.2 Å². The predicted molar refractivity (Wildman–Crippen MR) is 121 cm³/mol. The van der Waals surface area contributed by atoms with E-state index < -0.39 is 17.7 Å². The third kappa shape index (κ3) is 4.34. The van der Waals surface area contributed by atoms with Crippen LogP contribution in [0.2, 0.25) is 0 Å². The third-order valence-electron chi connectivity index (χ3n) is 5.66. The highest BCUT2D eigenvalue weighted by molar-refractivity contribution is 6.46. The highest BCUT2D eigenvalue weighted by Gasteiger charge is 2.46. The van der Waals surface area contributed by atoms with Crippen LogP contribution in [0.5, 0.6) is 11.5 Å². The number of amides is 1. The average Bonchev–Trinajstić information content (AvgIpc) is 3.04. The lowest BCUT2D eigenvalue weighted by Crippen LogP contribution is -2.32. The van der Waals surface area contributed by atoms with Crippen molar-refractivity contribution in [2.75, 3.05) is 34.0 Å². The Hall–Kier alpha value is -3.32. The Morgan fingerprint density at radius 2 is 1.78 bits per heavy atom. The lowest BCUT2D eigenvalue weighted by atomic mass is 9.94. The van der Waals surface area contributed by atoms with Crippen molar-refractivity contribution in [2.45, 2.75) is 26.8 Å². The number of carbonyl (C=O) groups excluding carboxylic acids is 2. The zero-order valence-electron chi connectivity index (χ0n) is 19.1. The normalized spacial score (nSPS) is 17.7. The second-order valence-corrected chi connectivity index (χ2v) is 7.63. The smallest absolute Gasteiger partial charge is 0.295 e. The van der Waals surface area contributed by atoms with Gasteiger partial charge in [0.15, 0.2) is 11.5 Å². The Kier molecular flexibility index (Phi) is 7.20. The number of nitrogens with zero attached hydrogens (tertiary/aromatic N) is 1.